The molecule has 1 saturated heterocycles. The van der Waals surface area contributed by atoms with Gasteiger partial charge in [0.25, 0.3) is 0 Å². The standard InChI is InChI=1S/C12H13F3N2OS/c1-7-10(18)17(11(4-5-11)12(13,14)15)9(16-7)8-3-2-6-19-8/h2-3,6-7,9,16H,4-5H2,1H3. The minimum absolute atomic E-state index is 0.00147. The first-order valence-electron chi connectivity index (χ1n) is 6.06. The topological polar surface area (TPSA) is 32.3 Å². The third-order valence-electron chi connectivity index (χ3n) is 3.80. The van der Waals surface area contributed by atoms with Crippen molar-refractivity contribution in [2.75, 3.05) is 0 Å². The van der Waals surface area contributed by atoms with E-state index in [9.17, 15) is 18.0 Å². The van der Waals surface area contributed by atoms with Crippen molar-refractivity contribution in [2.24, 2.45) is 0 Å². The third kappa shape index (κ3) is 1.79. The first kappa shape index (κ1) is 12.9. The van der Waals surface area contributed by atoms with Gasteiger partial charge in [-0.25, -0.2) is 0 Å². The maximum Gasteiger partial charge on any atom is 0.411 e. The van der Waals surface area contributed by atoms with Crippen LogP contribution in [-0.4, -0.2) is 28.6 Å². The Balaban J connectivity index is 2.00. The van der Waals surface area contributed by atoms with E-state index in [0.29, 0.717) is 0 Å². The number of hydrogen-bond acceptors (Lipinski definition) is 3. The summed E-state index contributed by atoms with van der Waals surface area (Å²) in [7, 11) is 0. The molecule has 1 amide bonds. The van der Waals surface area contributed by atoms with E-state index in [0.717, 1.165) is 9.78 Å². The van der Waals surface area contributed by atoms with Crippen molar-refractivity contribution < 1.29 is 18.0 Å². The molecule has 1 aliphatic heterocycles. The third-order valence-corrected chi connectivity index (χ3v) is 4.72. The molecule has 3 nitrogen and oxygen atoms in total. The molecular formula is C12H13F3N2OS. The average Bonchev–Trinajstić information content (AvgIpc) is 2.84. The van der Waals surface area contributed by atoms with Crippen LogP contribution in [0.15, 0.2) is 17.5 Å². The van der Waals surface area contributed by atoms with Gasteiger partial charge in [-0.2, -0.15) is 13.2 Å². The number of nitrogens with zero attached hydrogens (tertiary/aromatic N) is 1. The average molecular weight is 290 g/mol. The van der Waals surface area contributed by atoms with Gasteiger partial charge in [-0.1, -0.05) is 6.07 Å². The van der Waals surface area contributed by atoms with Crippen LogP contribution in [-0.2, 0) is 4.79 Å². The van der Waals surface area contributed by atoms with Crippen molar-refractivity contribution >= 4 is 17.2 Å². The summed E-state index contributed by atoms with van der Waals surface area (Å²) in [5, 5.41) is 4.76. The van der Waals surface area contributed by atoms with E-state index < -0.39 is 29.8 Å². The molecule has 104 valence electrons. The van der Waals surface area contributed by atoms with Crippen LogP contribution in [0, 0.1) is 0 Å². The van der Waals surface area contributed by atoms with E-state index in [1.54, 1.807) is 24.4 Å². The molecule has 1 aromatic heterocycles. The summed E-state index contributed by atoms with van der Waals surface area (Å²) in [5.41, 5.74) is -1.96. The van der Waals surface area contributed by atoms with Gasteiger partial charge in [0.15, 0.2) is 0 Å². The predicted molar refractivity (Wildman–Crippen MR) is 64.5 cm³/mol. The number of nitrogens with one attached hydrogen (secondary N) is 1. The summed E-state index contributed by atoms with van der Waals surface area (Å²) in [6.07, 6.45) is -5.03. The molecule has 1 N–H and O–H groups in total. The zero-order valence-electron chi connectivity index (χ0n) is 10.2. The molecule has 0 radical (unpaired) electrons. The zero-order valence-corrected chi connectivity index (χ0v) is 11.0. The minimum Gasteiger partial charge on any atom is -0.306 e. The molecule has 7 heteroatoms. The fourth-order valence-corrected chi connectivity index (χ4v) is 3.39. The highest BCUT2D eigenvalue weighted by atomic mass is 32.1. The lowest BCUT2D eigenvalue weighted by atomic mass is 10.2. The number of thiophene rings is 1. The van der Waals surface area contributed by atoms with Crippen LogP contribution in [0.3, 0.4) is 0 Å². The lowest BCUT2D eigenvalue weighted by Crippen LogP contribution is -2.50. The van der Waals surface area contributed by atoms with Crippen LogP contribution in [0.2, 0.25) is 0 Å². The normalized spacial score (nSPS) is 29.9. The molecule has 1 saturated carbocycles. The number of rotatable bonds is 2. The Bertz CT molecular complexity index is 496. The summed E-state index contributed by atoms with van der Waals surface area (Å²) in [5.74, 6) is -0.465. The Morgan fingerprint density at radius 2 is 2.16 bits per heavy atom. The predicted octanol–water partition coefficient (Wildman–Crippen LogP) is 2.66. The molecule has 3 rings (SSSR count). The molecule has 1 aromatic rings. The quantitative estimate of drug-likeness (QED) is 0.908. The first-order chi connectivity index (χ1) is 8.87. The lowest BCUT2D eigenvalue weighted by molar-refractivity contribution is -0.202. The Hall–Kier alpha value is -1.08. The summed E-state index contributed by atoms with van der Waals surface area (Å²) < 4.78 is 39.7. The van der Waals surface area contributed by atoms with Crippen LogP contribution in [0.5, 0.6) is 0 Å². The number of amides is 1. The van der Waals surface area contributed by atoms with E-state index in [4.69, 9.17) is 0 Å². The van der Waals surface area contributed by atoms with Gasteiger partial charge in [-0.05, 0) is 31.2 Å². The summed E-state index contributed by atoms with van der Waals surface area (Å²) >= 11 is 1.36. The fraction of sp³-hybridized carbons (Fsp3) is 0.583. The fourth-order valence-electron chi connectivity index (χ4n) is 2.61. The molecular weight excluding hydrogens is 277 g/mol. The minimum atomic E-state index is -4.37. The smallest absolute Gasteiger partial charge is 0.306 e. The Morgan fingerprint density at radius 1 is 1.47 bits per heavy atom. The van der Waals surface area contributed by atoms with Gasteiger partial charge in [-0.3, -0.25) is 10.1 Å². The summed E-state index contributed by atoms with van der Waals surface area (Å²) in [6.45, 7) is 1.61. The van der Waals surface area contributed by atoms with Gasteiger partial charge < -0.3 is 4.90 Å². The van der Waals surface area contributed by atoms with Gasteiger partial charge in [-0.15, -0.1) is 11.3 Å². The van der Waals surface area contributed by atoms with Crippen molar-refractivity contribution in [3.05, 3.63) is 22.4 Å². The molecule has 19 heavy (non-hydrogen) atoms. The number of carbonyl (C=O) groups excluding carboxylic acids is 1. The molecule has 1 aliphatic carbocycles. The van der Waals surface area contributed by atoms with Gasteiger partial charge in [0.05, 0.1) is 6.04 Å². The van der Waals surface area contributed by atoms with E-state index in [1.807, 2.05) is 0 Å². The Kier molecular flexibility index (Phi) is 2.69. The van der Waals surface area contributed by atoms with Gasteiger partial charge >= 0.3 is 6.18 Å². The van der Waals surface area contributed by atoms with Crippen molar-refractivity contribution in [2.45, 2.75) is 43.7 Å². The van der Waals surface area contributed by atoms with Crippen molar-refractivity contribution in [3.8, 4) is 0 Å². The second kappa shape index (κ2) is 3.96. The summed E-state index contributed by atoms with van der Waals surface area (Å²) in [6, 6.07) is 2.96. The van der Waals surface area contributed by atoms with Crippen LogP contribution in [0.25, 0.3) is 0 Å². The Labute approximate surface area is 112 Å². The molecule has 2 heterocycles. The summed E-state index contributed by atoms with van der Waals surface area (Å²) in [4.78, 5) is 13.9. The van der Waals surface area contributed by atoms with E-state index in [1.165, 1.54) is 11.3 Å². The maximum absolute atomic E-state index is 13.2. The van der Waals surface area contributed by atoms with Gasteiger partial charge in [0, 0.05) is 4.88 Å². The van der Waals surface area contributed by atoms with Crippen LogP contribution in [0.4, 0.5) is 13.2 Å². The molecule has 0 spiro atoms. The number of alkyl halides is 3. The number of halogens is 3. The number of carbonyl (C=O) groups is 1. The van der Waals surface area contributed by atoms with E-state index >= 15 is 0 Å². The van der Waals surface area contributed by atoms with Crippen molar-refractivity contribution in [3.63, 3.8) is 0 Å². The second-order valence-corrected chi connectivity index (χ2v) is 6.02. The van der Waals surface area contributed by atoms with Crippen LogP contribution < -0.4 is 5.32 Å². The van der Waals surface area contributed by atoms with E-state index in [-0.39, 0.29) is 12.8 Å². The monoisotopic (exact) mass is 290 g/mol. The SMILES string of the molecule is CC1NC(c2cccs2)N(C2(C(F)(F)F)CC2)C1=O. The molecule has 2 aliphatic rings. The second-order valence-electron chi connectivity index (χ2n) is 5.04. The molecule has 2 fully saturated rings. The molecule has 2 unspecified atom stereocenters. The zero-order chi connectivity index (χ0) is 13.8. The highest BCUT2D eigenvalue weighted by Crippen LogP contribution is 2.57. The number of hydrogen-bond donors (Lipinski definition) is 1. The highest BCUT2D eigenvalue weighted by molar-refractivity contribution is 7.10. The van der Waals surface area contributed by atoms with Crippen molar-refractivity contribution in [1.29, 1.82) is 0 Å². The molecule has 0 aromatic carbocycles. The molecule has 0 bridgehead atoms. The van der Waals surface area contributed by atoms with Gasteiger partial charge in [0.2, 0.25) is 5.91 Å². The van der Waals surface area contributed by atoms with Gasteiger partial charge in [0.1, 0.15) is 11.7 Å². The largest absolute Gasteiger partial charge is 0.411 e. The van der Waals surface area contributed by atoms with E-state index in [2.05, 4.69) is 5.32 Å². The van der Waals surface area contributed by atoms with Crippen LogP contribution >= 0.6 is 11.3 Å². The maximum atomic E-state index is 13.2. The highest BCUT2D eigenvalue weighted by Gasteiger charge is 2.70. The Morgan fingerprint density at radius 3 is 2.63 bits per heavy atom. The van der Waals surface area contributed by atoms with Crippen molar-refractivity contribution in [1.82, 2.24) is 10.2 Å². The molecule has 2 atom stereocenters. The lowest BCUT2D eigenvalue weighted by Gasteiger charge is -2.34. The first-order valence-corrected chi connectivity index (χ1v) is 6.94. The van der Waals surface area contributed by atoms with Crippen LogP contribution in [0.1, 0.15) is 30.8 Å².